The van der Waals surface area contributed by atoms with Crippen molar-refractivity contribution in [1.82, 2.24) is 29.5 Å². The van der Waals surface area contributed by atoms with E-state index < -0.39 is 0 Å². The molecule has 4 rings (SSSR count). The van der Waals surface area contributed by atoms with E-state index in [0.717, 1.165) is 44.1 Å². The van der Waals surface area contributed by atoms with Crippen molar-refractivity contribution < 1.29 is 14.1 Å². The van der Waals surface area contributed by atoms with Crippen LogP contribution in [-0.2, 0) is 24.9 Å². The molecule has 2 aromatic heterocycles. The minimum Gasteiger partial charge on any atom is -0.465 e. The minimum absolute atomic E-state index is 0.368. The van der Waals surface area contributed by atoms with Gasteiger partial charge in [0.25, 0.3) is 0 Å². The Morgan fingerprint density at radius 1 is 1.10 bits per heavy atom. The summed E-state index contributed by atoms with van der Waals surface area (Å²) >= 11 is 0. The van der Waals surface area contributed by atoms with Gasteiger partial charge in [0.05, 0.1) is 25.8 Å². The fraction of sp³-hybridized carbons (Fsp3) is 0.400. The number of carbonyl (C=O) groups is 1. The number of benzene rings is 1. The molecule has 0 spiro atoms. The fourth-order valence-corrected chi connectivity index (χ4v) is 3.36. The molecule has 1 fully saturated rings. The molecule has 0 aliphatic carbocycles. The molecule has 0 N–H and O–H groups in total. The first-order valence-electron chi connectivity index (χ1n) is 9.54. The van der Waals surface area contributed by atoms with Crippen molar-refractivity contribution in [2.45, 2.75) is 13.1 Å². The molecule has 1 aliphatic rings. The summed E-state index contributed by atoms with van der Waals surface area (Å²) in [5.74, 6) is 1.82. The minimum atomic E-state index is -0.368. The standard InChI is InChI=1S/C20H24N6O3/c1-24-8-7-21-17(24)13-25-9-11-26(12-10-25)14-18-22-19(23-29-18)15-3-5-16(6-4-15)20(27)28-2/h3-8H,9-14H2,1-2H3. The summed E-state index contributed by atoms with van der Waals surface area (Å²) in [6.07, 6.45) is 3.81. The van der Waals surface area contributed by atoms with Gasteiger partial charge in [0.1, 0.15) is 5.82 Å². The largest absolute Gasteiger partial charge is 0.465 e. The molecule has 1 aliphatic heterocycles. The molecule has 29 heavy (non-hydrogen) atoms. The first-order chi connectivity index (χ1) is 14.1. The van der Waals surface area contributed by atoms with Crippen LogP contribution in [0.4, 0.5) is 0 Å². The van der Waals surface area contributed by atoms with Crippen molar-refractivity contribution in [2.75, 3.05) is 33.3 Å². The van der Waals surface area contributed by atoms with E-state index in [1.54, 1.807) is 24.3 Å². The van der Waals surface area contributed by atoms with Crippen molar-refractivity contribution in [1.29, 1.82) is 0 Å². The molecule has 9 heteroatoms. The monoisotopic (exact) mass is 396 g/mol. The Morgan fingerprint density at radius 2 is 1.79 bits per heavy atom. The topological polar surface area (TPSA) is 89.5 Å². The zero-order valence-electron chi connectivity index (χ0n) is 16.6. The lowest BCUT2D eigenvalue weighted by molar-refractivity contribution is 0.0600. The average molecular weight is 396 g/mol. The van der Waals surface area contributed by atoms with Gasteiger partial charge in [0.2, 0.25) is 11.7 Å². The van der Waals surface area contributed by atoms with Gasteiger partial charge in [-0.15, -0.1) is 0 Å². The Bertz CT molecular complexity index is 957. The van der Waals surface area contributed by atoms with Crippen LogP contribution in [0.5, 0.6) is 0 Å². The summed E-state index contributed by atoms with van der Waals surface area (Å²) < 4.78 is 12.2. The second-order valence-electron chi connectivity index (χ2n) is 7.09. The van der Waals surface area contributed by atoms with Crippen molar-refractivity contribution >= 4 is 5.97 Å². The SMILES string of the molecule is COC(=O)c1ccc(-c2noc(CN3CCN(Cc4nccn4C)CC3)n2)cc1. The highest BCUT2D eigenvalue weighted by molar-refractivity contribution is 5.89. The highest BCUT2D eigenvalue weighted by Crippen LogP contribution is 2.18. The number of aromatic nitrogens is 4. The lowest BCUT2D eigenvalue weighted by atomic mass is 10.1. The van der Waals surface area contributed by atoms with Crippen molar-refractivity contribution in [3.8, 4) is 11.4 Å². The predicted octanol–water partition coefficient (Wildman–Crippen LogP) is 1.57. The average Bonchev–Trinajstić information content (AvgIpc) is 3.38. The van der Waals surface area contributed by atoms with E-state index in [1.807, 2.05) is 19.4 Å². The van der Waals surface area contributed by atoms with Crippen LogP contribution in [0.3, 0.4) is 0 Å². The fourth-order valence-electron chi connectivity index (χ4n) is 3.36. The Hall–Kier alpha value is -3.04. The number of carbonyl (C=O) groups excluding carboxylic acids is 1. The van der Waals surface area contributed by atoms with Gasteiger partial charge in [-0.1, -0.05) is 17.3 Å². The van der Waals surface area contributed by atoms with Crippen LogP contribution in [0.15, 0.2) is 41.2 Å². The summed E-state index contributed by atoms with van der Waals surface area (Å²) in [5, 5.41) is 4.07. The number of methoxy groups -OCH3 is 1. The first kappa shape index (κ1) is 19.3. The van der Waals surface area contributed by atoms with E-state index in [0.29, 0.717) is 23.8 Å². The summed E-state index contributed by atoms with van der Waals surface area (Å²) in [6.45, 7) is 5.32. The summed E-state index contributed by atoms with van der Waals surface area (Å²) in [6, 6.07) is 6.96. The maximum Gasteiger partial charge on any atom is 0.337 e. The van der Waals surface area contributed by atoms with Gasteiger partial charge >= 0.3 is 5.97 Å². The molecule has 0 radical (unpaired) electrons. The molecule has 1 aromatic carbocycles. The van der Waals surface area contributed by atoms with Crippen LogP contribution in [0, 0.1) is 0 Å². The van der Waals surface area contributed by atoms with Gasteiger partial charge < -0.3 is 13.8 Å². The molecule has 152 valence electrons. The quantitative estimate of drug-likeness (QED) is 0.580. The number of esters is 1. The molecule has 0 amide bonds. The molecule has 3 aromatic rings. The van der Waals surface area contributed by atoms with E-state index in [4.69, 9.17) is 9.26 Å². The van der Waals surface area contributed by atoms with Crippen LogP contribution < -0.4 is 0 Å². The van der Waals surface area contributed by atoms with Crippen LogP contribution in [0.25, 0.3) is 11.4 Å². The Balaban J connectivity index is 1.31. The number of ether oxygens (including phenoxy) is 1. The van der Waals surface area contributed by atoms with Gasteiger partial charge in [0, 0.05) is 51.2 Å². The number of hydrogen-bond donors (Lipinski definition) is 0. The zero-order valence-corrected chi connectivity index (χ0v) is 16.6. The third-order valence-corrected chi connectivity index (χ3v) is 5.14. The summed E-state index contributed by atoms with van der Waals surface area (Å²) in [5.41, 5.74) is 1.29. The smallest absolute Gasteiger partial charge is 0.337 e. The van der Waals surface area contributed by atoms with E-state index >= 15 is 0 Å². The van der Waals surface area contributed by atoms with Gasteiger partial charge in [-0.2, -0.15) is 4.98 Å². The second-order valence-corrected chi connectivity index (χ2v) is 7.09. The zero-order chi connectivity index (χ0) is 20.2. The number of hydrogen-bond acceptors (Lipinski definition) is 8. The third kappa shape index (κ3) is 4.52. The number of rotatable bonds is 6. The van der Waals surface area contributed by atoms with E-state index in [1.165, 1.54) is 7.11 Å². The maximum absolute atomic E-state index is 11.5. The lowest BCUT2D eigenvalue weighted by Gasteiger charge is -2.33. The molecule has 0 atom stereocenters. The molecule has 0 unspecified atom stereocenters. The molecule has 0 bridgehead atoms. The normalized spacial score (nSPS) is 15.5. The number of nitrogens with zero attached hydrogens (tertiary/aromatic N) is 6. The Labute approximate surface area is 168 Å². The molecule has 9 nitrogen and oxygen atoms in total. The van der Waals surface area contributed by atoms with Crippen LogP contribution >= 0.6 is 0 Å². The van der Waals surface area contributed by atoms with Crippen molar-refractivity contribution in [2.24, 2.45) is 7.05 Å². The van der Waals surface area contributed by atoms with Crippen LogP contribution in [0.1, 0.15) is 22.1 Å². The van der Waals surface area contributed by atoms with E-state index in [9.17, 15) is 4.79 Å². The Morgan fingerprint density at radius 3 is 2.41 bits per heavy atom. The third-order valence-electron chi connectivity index (χ3n) is 5.14. The molecule has 0 saturated carbocycles. The lowest BCUT2D eigenvalue weighted by Crippen LogP contribution is -2.45. The van der Waals surface area contributed by atoms with Gasteiger partial charge in [0.15, 0.2) is 0 Å². The van der Waals surface area contributed by atoms with Crippen molar-refractivity contribution in [3.05, 3.63) is 53.9 Å². The summed E-state index contributed by atoms with van der Waals surface area (Å²) in [7, 11) is 3.38. The number of piperazine rings is 1. The van der Waals surface area contributed by atoms with E-state index in [-0.39, 0.29) is 5.97 Å². The molecule has 3 heterocycles. The van der Waals surface area contributed by atoms with Gasteiger partial charge in [-0.3, -0.25) is 9.80 Å². The second kappa shape index (κ2) is 8.54. The van der Waals surface area contributed by atoms with Crippen LogP contribution in [-0.4, -0.2) is 68.7 Å². The molecular formula is C20H24N6O3. The number of aryl methyl sites for hydroxylation is 1. The predicted molar refractivity (Wildman–Crippen MR) is 105 cm³/mol. The highest BCUT2D eigenvalue weighted by Gasteiger charge is 2.20. The molecular weight excluding hydrogens is 372 g/mol. The molecule has 1 saturated heterocycles. The number of imidazole rings is 1. The van der Waals surface area contributed by atoms with Crippen LogP contribution in [0.2, 0.25) is 0 Å². The van der Waals surface area contributed by atoms with Gasteiger partial charge in [-0.05, 0) is 12.1 Å². The van der Waals surface area contributed by atoms with E-state index in [2.05, 4.69) is 29.5 Å². The first-order valence-corrected chi connectivity index (χ1v) is 9.54. The summed E-state index contributed by atoms with van der Waals surface area (Å²) in [4.78, 5) is 25.1. The maximum atomic E-state index is 11.5. The highest BCUT2D eigenvalue weighted by atomic mass is 16.5. The van der Waals surface area contributed by atoms with Gasteiger partial charge in [-0.25, -0.2) is 9.78 Å². The van der Waals surface area contributed by atoms with Crippen molar-refractivity contribution in [3.63, 3.8) is 0 Å². The Kier molecular flexibility index (Phi) is 5.68.